The van der Waals surface area contributed by atoms with Gasteiger partial charge in [-0.15, -0.1) is 0 Å². The summed E-state index contributed by atoms with van der Waals surface area (Å²) in [4.78, 5) is 26.6. The van der Waals surface area contributed by atoms with E-state index in [0.29, 0.717) is 6.54 Å². The van der Waals surface area contributed by atoms with Crippen LogP contribution in [-0.4, -0.2) is 48.8 Å². The van der Waals surface area contributed by atoms with Crippen molar-refractivity contribution in [2.24, 2.45) is 0 Å². The van der Waals surface area contributed by atoms with Gasteiger partial charge in [-0.1, -0.05) is 6.92 Å². The molecule has 0 unspecified atom stereocenters. The van der Waals surface area contributed by atoms with E-state index in [-0.39, 0.29) is 24.1 Å². The van der Waals surface area contributed by atoms with Crippen LogP contribution >= 0.6 is 0 Å². The van der Waals surface area contributed by atoms with Crippen LogP contribution < -0.4 is 0 Å². The number of carbonyl (C=O) groups excluding carboxylic acids is 2. The topological polar surface area (TPSA) is 53.8 Å². The first-order chi connectivity index (χ1) is 8.06. The maximum atomic E-state index is 12.0. The molecule has 1 aromatic rings. The molecular weight excluding hydrogens is 220 g/mol. The zero-order valence-electron chi connectivity index (χ0n) is 10.5. The Hall–Kier alpha value is -1.78. The van der Waals surface area contributed by atoms with E-state index in [0.717, 1.165) is 6.42 Å². The predicted molar refractivity (Wildman–Crippen MR) is 63.6 cm³/mol. The lowest BCUT2D eigenvalue weighted by Crippen LogP contribution is -2.40. The van der Waals surface area contributed by atoms with Gasteiger partial charge in [-0.05, 0) is 18.6 Å². The second-order valence-corrected chi connectivity index (χ2v) is 3.99. The van der Waals surface area contributed by atoms with Gasteiger partial charge in [-0.25, -0.2) is 0 Å². The lowest BCUT2D eigenvalue weighted by atomic mass is 10.3. The van der Waals surface area contributed by atoms with Crippen molar-refractivity contribution in [3.05, 3.63) is 24.2 Å². The lowest BCUT2D eigenvalue weighted by molar-refractivity contribution is -0.129. The highest BCUT2D eigenvalue weighted by Gasteiger charge is 2.20. The van der Waals surface area contributed by atoms with E-state index in [2.05, 4.69) is 0 Å². The maximum absolute atomic E-state index is 12.0. The Morgan fingerprint density at radius 1 is 1.35 bits per heavy atom. The molecular formula is C12H18N2O3. The zero-order valence-corrected chi connectivity index (χ0v) is 10.5. The third-order valence-electron chi connectivity index (χ3n) is 2.34. The Kier molecular flexibility index (Phi) is 4.75. The van der Waals surface area contributed by atoms with Crippen LogP contribution in [0.2, 0.25) is 0 Å². The molecule has 5 nitrogen and oxygen atoms in total. The SMILES string of the molecule is CCCN(CC(=O)N(C)C)C(=O)c1ccco1. The number of rotatable bonds is 5. The molecule has 0 aliphatic carbocycles. The zero-order chi connectivity index (χ0) is 12.8. The molecule has 0 aliphatic heterocycles. The van der Waals surface area contributed by atoms with Crippen molar-refractivity contribution in [3.63, 3.8) is 0 Å². The molecule has 0 atom stereocenters. The Bertz CT molecular complexity index is 371. The molecule has 0 bridgehead atoms. The van der Waals surface area contributed by atoms with Crippen LogP contribution in [0.3, 0.4) is 0 Å². The summed E-state index contributed by atoms with van der Waals surface area (Å²) in [5.74, 6) is -0.0737. The summed E-state index contributed by atoms with van der Waals surface area (Å²) >= 11 is 0. The van der Waals surface area contributed by atoms with Crippen molar-refractivity contribution in [2.45, 2.75) is 13.3 Å². The minimum atomic E-state index is -0.243. The number of likely N-dealkylation sites (N-methyl/N-ethyl adjacent to an activating group) is 1. The Labute approximate surface area is 101 Å². The van der Waals surface area contributed by atoms with Gasteiger partial charge in [-0.2, -0.15) is 0 Å². The van der Waals surface area contributed by atoms with Gasteiger partial charge in [-0.3, -0.25) is 9.59 Å². The van der Waals surface area contributed by atoms with Crippen molar-refractivity contribution in [1.82, 2.24) is 9.80 Å². The molecule has 1 heterocycles. The quantitative estimate of drug-likeness (QED) is 0.775. The normalized spacial score (nSPS) is 10.1. The Balaban J connectivity index is 2.72. The van der Waals surface area contributed by atoms with Gasteiger partial charge < -0.3 is 14.2 Å². The van der Waals surface area contributed by atoms with E-state index in [9.17, 15) is 9.59 Å². The number of nitrogens with zero attached hydrogens (tertiary/aromatic N) is 2. The second kappa shape index (κ2) is 6.08. The van der Waals surface area contributed by atoms with Crippen LogP contribution in [0.5, 0.6) is 0 Å². The van der Waals surface area contributed by atoms with Crippen LogP contribution in [0.25, 0.3) is 0 Å². The van der Waals surface area contributed by atoms with Gasteiger partial charge in [0.25, 0.3) is 5.91 Å². The minimum absolute atomic E-state index is 0.0837. The summed E-state index contributed by atoms with van der Waals surface area (Å²) in [6.45, 7) is 2.59. The molecule has 0 N–H and O–H groups in total. The molecule has 0 spiro atoms. The van der Waals surface area contributed by atoms with Crippen molar-refractivity contribution in [1.29, 1.82) is 0 Å². The highest BCUT2D eigenvalue weighted by molar-refractivity contribution is 5.94. The summed E-state index contributed by atoms with van der Waals surface area (Å²) in [5, 5.41) is 0. The fourth-order valence-corrected chi connectivity index (χ4v) is 1.38. The maximum Gasteiger partial charge on any atom is 0.290 e. The first-order valence-electron chi connectivity index (χ1n) is 5.59. The number of amides is 2. The van der Waals surface area contributed by atoms with Crippen molar-refractivity contribution in [3.8, 4) is 0 Å². The molecule has 0 aliphatic rings. The van der Waals surface area contributed by atoms with Gasteiger partial charge in [0.1, 0.15) is 6.54 Å². The van der Waals surface area contributed by atoms with Gasteiger partial charge in [0.2, 0.25) is 5.91 Å². The highest BCUT2D eigenvalue weighted by atomic mass is 16.3. The molecule has 94 valence electrons. The van der Waals surface area contributed by atoms with Crippen LogP contribution in [0.1, 0.15) is 23.9 Å². The molecule has 2 amide bonds. The average Bonchev–Trinajstić information content (AvgIpc) is 2.80. The fraction of sp³-hybridized carbons (Fsp3) is 0.500. The predicted octanol–water partition coefficient (Wildman–Crippen LogP) is 1.22. The molecule has 1 rings (SSSR count). The van der Waals surface area contributed by atoms with Crippen molar-refractivity contribution < 1.29 is 14.0 Å². The van der Waals surface area contributed by atoms with Crippen LogP contribution in [-0.2, 0) is 4.79 Å². The fourth-order valence-electron chi connectivity index (χ4n) is 1.38. The number of hydrogen-bond acceptors (Lipinski definition) is 3. The number of carbonyl (C=O) groups is 2. The number of hydrogen-bond donors (Lipinski definition) is 0. The van der Waals surface area contributed by atoms with Crippen LogP contribution in [0, 0.1) is 0 Å². The van der Waals surface area contributed by atoms with E-state index in [4.69, 9.17) is 4.42 Å². The van der Waals surface area contributed by atoms with Gasteiger partial charge in [0.05, 0.1) is 6.26 Å². The van der Waals surface area contributed by atoms with E-state index < -0.39 is 0 Å². The molecule has 0 aromatic carbocycles. The summed E-state index contributed by atoms with van der Waals surface area (Å²) < 4.78 is 5.05. The van der Waals surface area contributed by atoms with E-state index in [1.165, 1.54) is 16.1 Å². The Morgan fingerprint density at radius 2 is 2.06 bits per heavy atom. The Morgan fingerprint density at radius 3 is 2.53 bits per heavy atom. The lowest BCUT2D eigenvalue weighted by Gasteiger charge is -2.22. The largest absolute Gasteiger partial charge is 0.459 e. The monoisotopic (exact) mass is 238 g/mol. The van der Waals surface area contributed by atoms with Gasteiger partial charge in [0, 0.05) is 20.6 Å². The molecule has 0 saturated carbocycles. The van der Waals surface area contributed by atoms with Gasteiger partial charge >= 0.3 is 0 Å². The standard InChI is InChI=1S/C12H18N2O3/c1-4-7-14(9-11(15)13(2)3)12(16)10-6-5-8-17-10/h5-6,8H,4,7,9H2,1-3H3. The summed E-state index contributed by atoms with van der Waals surface area (Å²) in [5.41, 5.74) is 0. The molecule has 17 heavy (non-hydrogen) atoms. The highest BCUT2D eigenvalue weighted by Crippen LogP contribution is 2.06. The molecule has 1 aromatic heterocycles. The van der Waals surface area contributed by atoms with E-state index >= 15 is 0 Å². The smallest absolute Gasteiger partial charge is 0.290 e. The second-order valence-electron chi connectivity index (χ2n) is 3.99. The first kappa shape index (κ1) is 13.3. The number of furan rings is 1. The minimum Gasteiger partial charge on any atom is -0.459 e. The summed E-state index contributed by atoms with van der Waals surface area (Å²) in [6.07, 6.45) is 2.25. The third-order valence-corrected chi connectivity index (χ3v) is 2.34. The molecule has 0 fully saturated rings. The van der Waals surface area contributed by atoms with Crippen LogP contribution in [0.4, 0.5) is 0 Å². The summed E-state index contributed by atoms with van der Waals surface area (Å²) in [7, 11) is 3.34. The first-order valence-corrected chi connectivity index (χ1v) is 5.59. The summed E-state index contributed by atoms with van der Waals surface area (Å²) in [6, 6.07) is 3.26. The molecule has 0 saturated heterocycles. The average molecular weight is 238 g/mol. The van der Waals surface area contributed by atoms with Crippen molar-refractivity contribution >= 4 is 11.8 Å². The van der Waals surface area contributed by atoms with E-state index in [1.54, 1.807) is 26.2 Å². The molecule has 5 heteroatoms. The third kappa shape index (κ3) is 3.62. The molecule has 0 radical (unpaired) electrons. The van der Waals surface area contributed by atoms with Crippen molar-refractivity contribution in [2.75, 3.05) is 27.2 Å². The van der Waals surface area contributed by atoms with Gasteiger partial charge in [0.15, 0.2) is 5.76 Å². The van der Waals surface area contributed by atoms with Crippen LogP contribution in [0.15, 0.2) is 22.8 Å². The van der Waals surface area contributed by atoms with E-state index in [1.807, 2.05) is 6.92 Å².